The molecule has 116 valence electrons. The van der Waals surface area contributed by atoms with Gasteiger partial charge < -0.3 is 25.2 Å². The lowest BCUT2D eigenvalue weighted by Gasteiger charge is -2.09. The summed E-state index contributed by atoms with van der Waals surface area (Å²) in [7, 11) is 1.59. The lowest BCUT2D eigenvalue weighted by atomic mass is 10.1. The Hall–Kier alpha value is -2.12. The van der Waals surface area contributed by atoms with Gasteiger partial charge in [-0.3, -0.25) is 0 Å². The number of amides is 2. The molecule has 0 bridgehead atoms. The van der Waals surface area contributed by atoms with Gasteiger partial charge in [-0.15, -0.1) is 0 Å². The highest BCUT2D eigenvalue weighted by atomic mass is 16.5. The number of carboxylic acid groups (broad SMARTS) is 1. The quantitative estimate of drug-likeness (QED) is 0.631. The maximum Gasteiger partial charge on any atom is 0.335 e. The summed E-state index contributed by atoms with van der Waals surface area (Å²) >= 11 is 0. The molecule has 0 aromatic heterocycles. The van der Waals surface area contributed by atoms with E-state index < -0.39 is 5.97 Å². The smallest absolute Gasteiger partial charge is 0.335 e. The molecule has 1 aromatic rings. The van der Waals surface area contributed by atoms with E-state index in [1.54, 1.807) is 26.2 Å². The zero-order chi connectivity index (χ0) is 15.7. The fourth-order valence-electron chi connectivity index (χ4n) is 1.64. The fraction of sp³-hybridized carbons (Fsp3) is 0.429. The number of anilines is 1. The average Bonchev–Trinajstić information content (AvgIpc) is 2.42. The first kappa shape index (κ1) is 16.9. The van der Waals surface area contributed by atoms with E-state index in [1.165, 1.54) is 6.07 Å². The van der Waals surface area contributed by atoms with Gasteiger partial charge in [-0.05, 0) is 30.7 Å². The summed E-state index contributed by atoms with van der Waals surface area (Å²) in [5.74, 6) is -0.989. The van der Waals surface area contributed by atoms with Gasteiger partial charge in [0.05, 0.1) is 25.4 Å². The molecule has 2 amide bonds. The van der Waals surface area contributed by atoms with Gasteiger partial charge in [0.15, 0.2) is 0 Å². The molecule has 0 radical (unpaired) electrons. The van der Waals surface area contributed by atoms with Crippen LogP contribution >= 0.6 is 0 Å². The van der Waals surface area contributed by atoms with E-state index in [0.29, 0.717) is 37.6 Å². The highest BCUT2D eigenvalue weighted by Gasteiger charge is 2.08. The molecular formula is C14H20N2O5. The lowest BCUT2D eigenvalue weighted by Crippen LogP contribution is -2.31. The van der Waals surface area contributed by atoms with Gasteiger partial charge in [-0.2, -0.15) is 0 Å². The maximum atomic E-state index is 11.6. The molecule has 0 atom stereocenters. The van der Waals surface area contributed by atoms with Crippen LogP contribution in [0.2, 0.25) is 0 Å². The molecule has 21 heavy (non-hydrogen) atoms. The van der Waals surface area contributed by atoms with E-state index in [0.717, 1.165) is 0 Å². The molecule has 0 fully saturated rings. The summed E-state index contributed by atoms with van der Waals surface area (Å²) in [5.41, 5.74) is 1.34. The fourth-order valence-corrected chi connectivity index (χ4v) is 1.64. The van der Waals surface area contributed by atoms with Crippen LogP contribution in [0.25, 0.3) is 0 Å². The zero-order valence-corrected chi connectivity index (χ0v) is 12.1. The molecule has 0 aliphatic carbocycles. The Balaban J connectivity index is 2.34. The van der Waals surface area contributed by atoms with Crippen molar-refractivity contribution >= 4 is 17.7 Å². The number of urea groups is 1. The average molecular weight is 296 g/mol. The summed E-state index contributed by atoms with van der Waals surface area (Å²) in [4.78, 5) is 22.5. The molecule has 7 nitrogen and oxygen atoms in total. The van der Waals surface area contributed by atoms with Crippen molar-refractivity contribution in [2.24, 2.45) is 0 Å². The molecule has 0 unspecified atom stereocenters. The van der Waals surface area contributed by atoms with Gasteiger partial charge in [-0.25, -0.2) is 9.59 Å². The number of hydrogen-bond donors (Lipinski definition) is 3. The second kappa shape index (κ2) is 8.93. The van der Waals surface area contributed by atoms with Crippen LogP contribution in [0.1, 0.15) is 15.9 Å². The minimum absolute atomic E-state index is 0.215. The lowest BCUT2D eigenvalue weighted by molar-refractivity contribution is 0.0696. The number of methoxy groups -OCH3 is 1. The second-order valence-electron chi connectivity index (χ2n) is 4.32. The predicted molar refractivity (Wildman–Crippen MR) is 77.9 cm³/mol. The number of benzene rings is 1. The summed E-state index contributed by atoms with van der Waals surface area (Å²) < 4.78 is 10.0. The monoisotopic (exact) mass is 296 g/mol. The van der Waals surface area contributed by atoms with Gasteiger partial charge in [0.2, 0.25) is 0 Å². The summed E-state index contributed by atoms with van der Waals surface area (Å²) in [6.45, 7) is 3.45. The van der Waals surface area contributed by atoms with Crippen LogP contribution in [-0.4, -0.2) is 50.6 Å². The molecule has 0 heterocycles. The minimum Gasteiger partial charge on any atom is -0.478 e. The molecule has 0 saturated heterocycles. The molecule has 7 heteroatoms. The number of hydrogen-bond acceptors (Lipinski definition) is 4. The molecule has 0 saturated carbocycles. The summed E-state index contributed by atoms with van der Waals surface area (Å²) in [6.07, 6.45) is 0. The van der Waals surface area contributed by atoms with Crippen molar-refractivity contribution in [3.05, 3.63) is 29.3 Å². The van der Waals surface area contributed by atoms with Gasteiger partial charge in [-0.1, -0.05) is 0 Å². The second-order valence-corrected chi connectivity index (χ2v) is 4.32. The SMILES string of the molecule is COCCOCCNC(=O)Nc1ccc(C(=O)O)c(C)c1. The molecule has 0 aliphatic rings. The Morgan fingerprint density at radius 3 is 2.62 bits per heavy atom. The normalized spacial score (nSPS) is 10.2. The number of carbonyl (C=O) groups excluding carboxylic acids is 1. The van der Waals surface area contributed by atoms with Crippen molar-refractivity contribution in [3.8, 4) is 0 Å². The van der Waals surface area contributed by atoms with Crippen LogP contribution < -0.4 is 10.6 Å². The van der Waals surface area contributed by atoms with E-state index in [1.807, 2.05) is 0 Å². The van der Waals surface area contributed by atoms with Gasteiger partial charge in [0.25, 0.3) is 0 Å². The number of carboxylic acids is 1. The molecule has 1 rings (SSSR count). The Labute approximate surface area is 123 Å². The van der Waals surface area contributed by atoms with Crippen LogP contribution in [0.15, 0.2) is 18.2 Å². The number of aryl methyl sites for hydroxylation is 1. The van der Waals surface area contributed by atoms with Crippen molar-refractivity contribution in [1.29, 1.82) is 0 Å². The maximum absolute atomic E-state index is 11.6. The van der Waals surface area contributed by atoms with Crippen LogP contribution in [0.5, 0.6) is 0 Å². The Bertz CT molecular complexity index is 490. The molecule has 0 spiro atoms. The standard InChI is InChI=1S/C14H20N2O5/c1-10-9-11(3-4-12(10)13(17)18)16-14(19)15-5-6-21-8-7-20-2/h3-4,9H,5-8H2,1-2H3,(H,17,18)(H2,15,16,19). The third kappa shape index (κ3) is 6.24. The first-order chi connectivity index (χ1) is 10.0. The van der Waals surface area contributed by atoms with Gasteiger partial charge in [0.1, 0.15) is 0 Å². The molecule has 1 aromatic carbocycles. The topological polar surface area (TPSA) is 96.9 Å². The van der Waals surface area contributed by atoms with E-state index in [9.17, 15) is 9.59 Å². The molecule has 3 N–H and O–H groups in total. The van der Waals surface area contributed by atoms with Gasteiger partial charge in [0, 0.05) is 19.3 Å². The van der Waals surface area contributed by atoms with Crippen molar-refractivity contribution in [3.63, 3.8) is 0 Å². The highest BCUT2D eigenvalue weighted by Crippen LogP contribution is 2.15. The first-order valence-electron chi connectivity index (χ1n) is 6.50. The van der Waals surface area contributed by atoms with Gasteiger partial charge >= 0.3 is 12.0 Å². The van der Waals surface area contributed by atoms with Crippen LogP contribution in [-0.2, 0) is 9.47 Å². The van der Waals surface area contributed by atoms with Crippen molar-refractivity contribution < 1.29 is 24.2 Å². The summed E-state index contributed by atoms with van der Waals surface area (Å²) in [5, 5.41) is 14.2. The largest absolute Gasteiger partial charge is 0.478 e. The molecular weight excluding hydrogens is 276 g/mol. The Kier molecular flexibility index (Phi) is 7.20. The predicted octanol–water partition coefficient (Wildman–Crippen LogP) is 1.48. The third-order valence-electron chi connectivity index (χ3n) is 2.68. The van der Waals surface area contributed by atoms with Crippen molar-refractivity contribution in [2.45, 2.75) is 6.92 Å². The highest BCUT2D eigenvalue weighted by molar-refractivity contribution is 5.92. The van der Waals surface area contributed by atoms with E-state index in [-0.39, 0.29) is 11.6 Å². The van der Waals surface area contributed by atoms with Crippen LogP contribution in [0, 0.1) is 6.92 Å². The minimum atomic E-state index is -0.989. The number of ether oxygens (including phenoxy) is 2. The zero-order valence-electron chi connectivity index (χ0n) is 12.1. The van der Waals surface area contributed by atoms with Crippen molar-refractivity contribution in [2.75, 3.05) is 38.8 Å². The Morgan fingerprint density at radius 1 is 1.24 bits per heavy atom. The first-order valence-corrected chi connectivity index (χ1v) is 6.50. The number of carbonyl (C=O) groups is 2. The van der Waals surface area contributed by atoms with E-state index in [4.69, 9.17) is 14.6 Å². The third-order valence-corrected chi connectivity index (χ3v) is 2.68. The van der Waals surface area contributed by atoms with Crippen molar-refractivity contribution in [1.82, 2.24) is 5.32 Å². The summed E-state index contributed by atoms with van der Waals surface area (Å²) in [6, 6.07) is 4.25. The Morgan fingerprint density at radius 2 is 2.00 bits per heavy atom. The number of nitrogens with one attached hydrogen (secondary N) is 2. The molecule has 0 aliphatic heterocycles. The number of aromatic carboxylic acids is 1. The van der Waals surface area contributed by atoms with E-state index in [2.05, 4.69) is 10.6 Å². The number of rotatable bonds is 8. The van der Waals surface area contributed by atoms with Crippen LogP contribution in [0.4, 0.5) is 10.5 Å². The van der Waals surface area contributed by atoms with Crippen LogP contribution in [0.3, 0.4) is 0 Å². The van der Waals surface area contributed by atoms with E-state index >= 15 is 0 Å².